The zero-order chi connectivity index (χ0) is 32.7. The molecule has 1 aliphatic rings. The van der Waals surface area contributed by atoms with Crippen molar-refractivity contribution in [3.05, 3.63) is 83.1 Å². The number of rotatable bonds is 6. The smallest absolute Gasteiger partial charge is 0.274 e. The fourth-order valence-electron chi connectivity index (χ4n) is 5.00. The average Bonchev–Trinajstić information content (AvgIpc) is 3.39. The van der Waals surface area contributed by atoms with Gasteiger partial charge in [-0.1, -0.05) is 56.3 Å². The molecule has 0 unspecified atom stereocenters. The van der Waals surface area contributed by atoms with Crippen molar-refractivity contribution in [1.82, 2.24) is 26.3 Å². The van der Waals surface area contributed by atoms with E-state index in [0.717, 1.165) is 0 Å². The van der Waals surface area contributed by atoms with Crippen LogP contribution in [-0.2, 0) is 25.2 Å². The molecule has 12 nitrogen and oxygen atoms in total. The Morgan fingerprint density at radius 1 is 1.00 bits per heavy atom. The zero-order valence-electron chi connectivity index (χ0n) is 25.8. The molecule has 0 aliphatic carbocycles. The molecule has 4 N–H and O–H groups in total. The quantitative estimate of drug-likeness (QED) is 0.319. The van der Waals surface area contributed by atoms with Crippen LogP contribution in [-0.4, -0.2) is 55.7 Å². The highest BCUT2D eigenvalue weighted by Gasteiger charge is 2.32. The number of carbonyl (C=O) groups is 4. The SMILES string of the molecule is Cc1oc2nc1C(=O)N[C@H](C)C(=O)NCCCC[C@H](NC(=O)c1ccccc1S(=O)(=O)Cc1ccccc1)C(=O)N[C@H]2C(C)C. The van der Waals surface area contributed by atoms with Gasteiger partial charge >= 0.3 is 0 Å². The molecule has 0 spiro atoms. The lowest BCUT2D eigenvalue weighted by Crippen LogP contribution is -2.49. The fourth-order valence-corrected chi connectivity index (χ4v) is 6.57. The van der Waals surface area contributed by atoms with Gasteiger partial charge in [0.15, 0.2) is 15.5 Å². The standard InChI is InChI=1S/C32H39N5O7S/c1-19(2)26-32-37-27(21(4)44-32)31(41)34-20(3)28(38)33-17-11-10-15-24(30(40)36-26)35-29(39)23-14-8-9-16-25(23)45(42,43)18-22-12-6-5-7-13-22/h5-9,12-14,16,19-20,24,26H,10-11,15,17-18H2,1-4H3,(H,33,38)(H,34,41)(H,35,39)(H,36,40)/t20-,24+,26+/m1/s1. The Labute approximate surface area is 262 Å². The van der Waals surface area contributed by atoms with Crippen molar-refractivity contribution < 1.29 is 32.0 Å². The second-order valence-electron chi connectivity index (χ2n) is 11.4. The van der Waals surface area contributed by atoms with Crippen LogP contribution in [0.4, 0.5) is 0 Å². The van der Waals surface area contributed by atoms with Crippen LogP contribution in [0.1, 0.15) is 84.1 Å². The number of hydrogen-bond acceptors (Lipinski definition) is 8. The number of carbonyl (C=O) groups excluding carboxylic acids is 4. The van der Waals surface area contributed by atoms with Gasteiger partial charge in [-0.3, -0.25) is 19.2 Å². The van der Waals surface area contributed by atoms with E-state index in [9.17, 15) is 27.6 Å². The van der Waals surface area contributed by atoms with Crippen molar-refractivity contribution >= 4 is 33.5 Å². The molecule has 0 radical (unpaired) electrons. The first-order valence-corrected chi connectivity index (χ1v) is 16.6. The van der Waals surface area contributed by atoms with Gasteiger partial charge in [0.2, 0.25) is 17.7 Å². The van der Waals surface area contributed by atoms with E-state index in [0.29, 0.717) is 18.4 Å². The summed E-state index contributed by atoms with van der Waals surface area (Å²) in [6.45, 7) is 7.10. The summed E-state index contributed by atoms with van der Waals surface area (Å²) in [5.74, 6) is -2.40. The van der Waals surface area contributed by atoms with Crippen molar-refractivity contribution in [1.29, 1.82) is 0 Å². The number of fused-ring (bicyclic) bond motifs is 2. The molecule has 4 rings (SSSR count). The molecule has 2 heterocycles. The van der Waals surface area contributed by atoms with Crippen molar-refractivity contribution in [2.24, 2.45) is 5.92 Å². The maximum atomic E-state index is 13.7. The van der Waals surface area contributed by atoms with Crippen LogP contribution in [0.2, 0.25) is 0 Å². The molecule has 0 saturated heterocycles. The molecule has 4 amide bonds. The largest absolute Gasteiger partial charge is 0.443 e. The number of nitrogens with one attached hydrogen (secondary N) is 4. The molecule has 1 aliphatic heterocycles. The van der Waals surface area contributed by atoms with E-state index in [-0.39, 0.29) is 58.3 Å². The van der Waals surface area contributed by atoms with Gasteiger partial charge in [-0.05, 0) is 56.7 Å². The summed E-state index contributed by atoms with van der Waals surface area (Å²) in [7, 11) is -3.91. The highest BCUT2D eigenvalue weighted by atomic mass is 32.2. The van der Waals surface area contributed by atoms with Crippen LogP contribution in [0.25, 0.3) is 0 Å². The molecular weight excluding hydrogens is 598 g/mol. The van der Waals surface area contributed by atoms with Gasteiger partial charge in [-0.2, -0.15) is 0 Å². The van der Waals surface area contributed by atoms with Crippen molar-refractivity contribution in [2.75, 3.05) is 6.54 Å². The Morgan fingerprint density at radius 2 is 1.69 bits per heavy atom. The molecule has 240 valence electrons. The first-order valence-electron chi connectivity index (χ1n) is 14.9. The van der Waals surface area contributed by atoms with Gasteiger partial charge in [-0.25, -0.2) is 13.4 Å². The molecule has 3 aromatic rings. The number of nitrogens with zero attached hydrogens (tertiary/aromatic N) is 1. The Bertz CT molecular complexity index is 1650. The Kier molecular flexibility index (Phi) is 10.8. The van der Waals surface area contributed by atoms with E-state index in [2.05, 4.69) is 26.3 Å². The number of sulfone groups is 1. The summed E-state index contributed by atoms with van der Waals surface area (Å²) in [5.41, 5.74) is 0.497. The highest BCUT2D eigenvalue weighted by Crippen LogP contribution is 2.25. The van der Waals surface area contributed by atoms with Gasteiger partial charge in [-0.15, -0.1) is 0 Å². The zero-order valence-corrected chi connectivity index (χ0v) is 26.6. The number of amides is 4. The lowest BCUT2D eigenvalue weighted by Gasteiger charge is -2.24. The van der Waals surface area contributed by atoms with E-state index >= 15 is 0 Å². The van der Waals surface area contributed by atoms with E-state index in [1.807, 2.05) is 13.8 Å². The number of oxazole rings is 1. The van der Waals surface area contributed by atoms with Crippen LogP contribution < -0.4 is 21.3 Å². The minimum atomic E-state index is -3.91. The lowest BCUT2D eigenvalue weighted by atomic mass is 10.0. The van der Waals surface area contributed by atoms with Gasteiger partial charge in [0.05, 0.1) is 16.2 Å². The van der Waals surface area contributed by atoms with Gasteiger partial charge in [0.25, 0.3) is 11.8 Å². The summed E-state index contributed by atoms with van der Waals surface area (Å²) in [5, 5.41) is 11.0. The summed E-state index contributed by atoms with van der Waals surface area (Å²) < 4.78 is 32.6. The van der Waals surface area contributed by atoms with E-state index in [4.69, 9.17) is 4.42 Å². The Balaban J connectivity index is 1.62. The highest BCUT2D eigenvalue weighted by molar-refractivity contribution is 7.90. The van der Waals surface area contributed by atoms with Gasteiger partial charge in [0, 0.05) is 6.54 Å². The van der Waals surface area contributed by atoms with E-state index in [1.54, 1.807) is 56.3 Å². The molecule has 0 saturated carbocycles. The summed E-state index contributed by atoms with van der Waals surface area (Å²) in [6, 6.07) is 11.9. The number of aromatic nitrogens is 1. The molecule has 2 aromatic carbocycles. The van der Waals surface area contributed by atoms with Crippen molar-refractivity contribution in [2.45, 2.75) is 75.7 Å². The molecule has 0 fully saturated rings. The lowest BCUT2D eigenvalue weighted by molar-refractivity contribution is -0.124. The van der Waals surface area contributed by atoms with E-state index in [1.165, 1.54) is 12.1 Å². The minimum Gasteiger partial charge on any atom is -0.443 e. The van der Waals surface area contributed by atoms with Crippen LogP contribution in [0, 0.1) is 12.8 Å². The second-order valence-corrected chi connectivity index (χ2v) is 13.4. The first kappa shape index (κ1) is 33.4. The van der Waals surface area contributed by atoms with Gasteiger partial charge in [0.1, 0.15) is 23.9 Å². The van der Waals surface area contributed by atoms with Crippen LogP contribution >= 0.6 is 0 Å². The number of hydrogen-bond donors (Lipinski definition) is 4. The van der Waals surface area contributed by atoms with E-state index < -0.39 is 45.7 Å². The fraction of sp³-hybridized carbons (Fsp3) is 0.406. The average molecular weight is 638 g/mol. The number of benzene rings is 2. The predicted octanol–water partition coefficient (Wildman–Crippen LogP) is 2.99. The summed E-state index contributed by atoms with van der Waals surface area (Å²) in [6.07, 6.45) is 1.14. The van der Waals surface area contributed by atoms with Crippen molar-refractivity contribution in [3.63, 3.8) is 0 Å². The Morgan fingerprint density at radius 3 is 2.40 bits per heavy atom. The van der Waals surface area contributed by atoms with Crippen LogP contribution in [0.3, 0.4) is 0 Å². The molecule has 45 heavy (non-hydrogen) atoms. The molecule has 13 heteroatoms. The summed E-state index contributed by atoms with van der Waals surface area (Å²) in [4.78, 5) is 57.0. The maximum Gasteiger partial charge on any atom is 0.274 e. The van der Waals surface area contributed by atoms with Gasteiger partial charge < -0.3 is 25.7 Å². The second kappa shape index (κ2) is 14.5. The third-order valence-corrected chi connectivity index (χ3v) is 9.25. The normalized spacial score (nSPS) is 20.2. The third kappa shape index (κ3) is 8.35. The molecule has 1 aromatic heterocycles. The van der Waals surface area contributed by atoms with Crippen LogP contribution in [0.5, 0.6) is 0 Å². The monoisotopic (exact) mass is 637 g/mol. The first-order chi connectivity index (χ1) is 21.4. The topological polar surface area (TPSA) is 177 Å². The molecule has 3 atom stereocenters. The molecule has 2 bridgehead atoms. The van der Waals surface area contributed by atoms with Crippen molar-refractivity contribution in [3.8, 4) is 0 Å². The maximum absolute atomic E-state index is 13.7. The minimum absolute atomic E-state index is 0.00480. The van der Waals surface area contributed by atoms with Crippen LogP contribution in [0.15, 0.2) is 63.9 Å². The summed E-state index contributed by atoms with van der Waals surface area (Å²) >= 11 is 0. The number of aryl methyl sites for hydroxylation is 1. The predicted molar refractivity (Wildman–Crippen MR) is 166 cm³/mol. The molecular formula is C32H39N5O7S. The third-order valence-electron chi connectivity index (χ3n) is 7.51. The Hall–Kier alpha value is -4.52.